The molecule has 16 nitrogen and oxygen atoms in total. The fourth-order valence-electron chi connectivity index (χ4n) is 2.61. The smallest absolute Gasteiger partial charge is 0.387 e. The number of aromatic amines is 1. The number of ether oxygens (including phenoxy) is 1. The first-order valence-electron chi connectivity index (χ1n) is 7.19. The Morgan fingerprint density at radius 2 is 1.96 bits per heavy atom. The molecule has 4 atom stereocenters. The highest BCUT2D eigenvalue weighted by Crippen LogP contribution is 2.34. The number of aromatic nitrogens is 4. The minimum atomic E-state index is -5.10. The summed E-state index contributed by atoms with van der Waals surface area (Å²) < 4.78 is 76.1. The third kappa shape index (κ3) is 4.28. The first kappa shape index (κ1) is 20.5. The minimum absolute atomic E-state index is 0.182. The largest absolute Gasteiger partial charge is 0.397 e. The summed E-state index contributed by atoms with van der Waals surface area (Å²) in [7, 11) is -9.99. The van der Waals surface area contributed by atoms with Crippen LogP contribution in [0.25, 0.3) is 11.2 Å². The molecule has 1 aliphatic rings. The van der Waals surface area contributed by atoms with E-state index in [2.05, 4.69) is 23.3 Å². The summed E-state index contributed by atoms with van der Waals surface area (Å²) >= 11 is 0. The third-order valence-corrected chi connectivity index (χ3v) is 4.55. The van der Waals surface area contributed by atoms with Gasteiger partial charge in [-0.25, -0.2) is 13.4 Å². The Morgan fingerprint density at radius 1 is 1.29 bits per heavy atom. The number of fused-ring (bicyclic) bond motifs is 1. The molecule has 0 amide bonds. The SMILES string of the molecule is Nc1nc2c(ncn2[C@@H]2O[C@H](COS(=O)(=O)O)[C@@H](O)[C@H]2OS(=O)(=O)O)c(=O)[nH]1. The predicted octanol–water partition coefficient (Wildman–Crippen LogP) is -3.03. The number of rotatable bonds is 6. The predicted molar refractivity (Wildman–Crippen MR) is 86.4 cm³/mol. The zero-order valence-corrected chi connectivity index (χ0v) is 15.1. The molecule has 6 N–H and O–H groups in total. The monoisotopic (exact) mass is 443 g/mol. The van der Waals surface area contributed by atoms with Gasteiger partial charge in [0.25, 0.3) is 5.56 Å². The van der Waals surface area contributed by atoms with Crippen LogP contribution in [-0.4, -0.2) is 75.5 Å². The lowest BCUT2D eigenvalue weighted by Crippen LogP contribution is -2.37. The molecule has 3 rings (SSSR count). The summed E-state index contributed by atoms with van der Waals surface area (Å²) in [6, 6.07) is 0. The molecular formula is C10H13N5O11S2. The quantitative estimate of drug-likeness (QED) is 0.279. The van der Waals surface area contributed by atoms with Crippen LogP contribution >= 0.6 is 0 Å². The van der Waals surface area contributed by atoms with Crippen LogP contribution < -0.4 is 11.3 Å². The number of nitrogens with zero attached hydrogens (tertiary/aromatic N) is 3. The number of aliphatic hydroxyl groups is 1. The molecule has 2 aromatic heterocycles. The van der Waals surface area contributed by atoms with Crippen molar-refractivity contribution < 1.29 is 44.2 Å². The van der Waals surface area contributed by atoms with Gasteiger partial charge in [-0.15, -0.1) is 0 Å². The number of hydrogen-bond donors (Lipinski definition) is 5. The summed E-state index contributed by atoms with van der Waals surface area (Å²) in [4.78, 5) is 21.6. The fourth-order valence-corrected chi connectivity index (χ4v) is 3.40. The standard InChI is InChI=1S/C10H13N5O11S2/c11-10-13-7-4(8(17)14-10)12-2-15(7)9-6(26-28(21,22)23)5(16)3(25-9)1-24-27(18,19)20/h2-3,5-6,9,16H,1H2,(H,18,19,20)(H,21,22,23)(H3,11,13,14,17)/t3-,5-,6-,9-/m1/s1. The molecule has 0 aliphatic carbocycles. The zero-order valence-electron chi connectivity index (χ0n) is 13.4. The highest BCUT2D eigenvalue weighted by Gasteiger charge is 2.49. The first-order valence-corrected chi connectivity index (χ1v) is 9.92. The molecule has 0 unspecified atom stereocenters. The molecule has 0 bridgehead atoms. The van der Waals surface area contributed by atoms with E-state index in [0.717, 1.165) is 10.9 Å². The molecule has 0 saturated carbocycles. The number of nitrogens with two attached hydrogens (primary N) is 1. The number of nitrogen functional groups attached to an aromatic ring is 1. The Hall–Kier alpha value is -2.19. The van der Waals surface area contributed by atoms with Gasteiger partial charge in [-0.3, -0.25) is 23.5 Å². The van der Waals surface area contributed by atoms with Crippen molar-refractivity contribution in [2.45, 2.75) is 24.5 Å². The van der Waals surface area contributed by atoms with Crippen LogP contribution in [0.5, 0.6) is 0 Å². The van der Waals surface area contributed by atoms with Gasteiger partial charge in [0.1, 0.15) is 12.2 Å². The van der Waals surface area contributed by atoms with Gasteiger partial charge in [-0.1, -0.05) is 0 Å². The molecule has 0 aromatic carbocycles. The topological polar surface area (TPSA) is 246 Å². The second-order valence-electron chi connectivity index (χ2n) is 5.53. The molecule has 1 saturated heterocycles. The lowest BCUT2D eigenvalue weighted by atomic mass is 10.1. The molecule has 3 heterocycles. The van der Waals surface area contributed by atoms with Crippen molar-refractivity contribution in [2.24, 2.45) is 0 Å². The van der Waals surface area contributed by atoms with E-state index in [1.165, 1.54) is 0 Å². The van der Waals surface area contributed by atoms with Gasteiger partial charge in [0, 0.05) is 0 Å². The maximum atomic E-state index is 11.9. The van der Waals surface area contributed by atoms with Crippen molar-refractivity contribution in [1.29, 1.82) is 0 Å². The van der Waals surface area contributed by atoms with E-state index in [9.17, 15) is 26.7 Å². The number of imidazole rings is 1. The van der Waals surface area contributed by atoms with Crippen LogP contribution in [0.3, 0.4) is 0 Å². The van der Waals surface area contributed by atoms with Crippen LogP contribution in [0.15, 0.2) is 11.1 Å². The van der Waals surface area contributed by atoms with Crippen molar-refractivity contribution in [2.75, 3.05) is 12.3 Å². The van der Waals surface area contributed by atoms with Crippen LogP contribution in [0.4, 0.5) is 5.95 Å². The lowest BCUT2D eigenvalue weighted by Gasteiger charge is -2.19. The minimum Gasteiger partial charge on any atom is -0.387 e. The molecule has 28 heavy (non-hydrogen) atoms. The van der Waals surface area contributed by atoms with E-state index < -0.39 is 57.5 Å². The van der Waals surface area contributed by atoms with Gasteiger partial charge >= 0.3 is 20.8 Å². The van der Waals surface area contributed by atoms with Crippen molar-refractivity contribution in [3.8, 4) is 0 Å². The number of nitrogens with one attached hydrogen (secondary N) is 1. The molecule has 1 fully saturated rings. The van der Waals surface area contributed by atoms with Crippen molar-refractivity contribution in [3.63, 3.8) is 0 Å². The summed E-state index contributed by atoms with van der Waals surface area (Å²) in [5.74, 6) is -0.309. The van der Waals surface area contributed by atoms with E-state index in [0.29, 0.717) is 0 Å². The second-order valence-corrected chi connectivity index (χ2v) is 7.67. The average Bonchev–Trinajstić information content (AvgIpc) is 3.06. The van der Waals surface area contributed by atoms with Gasteiger partial charge in [-0.05, 0) is 0 Å². The third-order valence-electron chi connectivity index (χ3n) is 3.65. The molecular weight excluding hydrogens is 430 g/mol. The van der Waals surface area contributed by atoms with Gasteiger partial charge in [0.15, 0.2) is 23.5 Å². The van der Waals surface area contributed by atoms with Crippen LogP contribution in [-0.2, 0) is 33.9 Å². The Balaban J connectivity index is 2.02. The molecule has 0 radical (unpaired) electrons. The van der Waals surface area contributed by atoms with Gasteiger partial charge < -0.3 is 15.6 Å². The van der Waals surface area contributed by atoms with Crippen LogP contribution in [0.2, 0.25) is 0 Å². The van der Waals surface area contributed by atoms with E-state index in [4.69, 9.17) is 19.6 Å². The zero-order chi connectivity index (χ0) is 20.9. The van der Waals surface area contributed by atoms with Gasteiger partial charge in [-0.2, -0.15) is 21.8 Å². The number of hydrogen-bond acceptors (Lipinski definition) is 12. The normalized spacial score (nSPS) is 26.1. The Labute approximate surface area is 155 Å². The summed E-state index contributed by atoms with van der Waals surface area (Å²) in [5.41, 5.74) is 4.34. The highest BCUT2D eigenvalue weighted by atomic mass is 32.3. The van der Waals surface area contributed by atoms with Crippen molar-refractivity contribution >= 4 is 37.9 Å². The van der Waals surface area contributed by atoms with E-state index in [-0.39, 0.29) is 17.1 Å². The van der Waals surface area contributed by atoms with Gasteiger partial charge in [0.2, 0.25) is 5.95 Å². The van der Waals surface area contributed by atoms with E-state index >= 15 is 0 Å². The highest BCUT2D eigenvalue weighted by molar-refractivity contribution is 7.81. The van der Waals surface area contributed by atoms with Crippen LogP contribution in [0, 0.1) is 0 Å². The maximum Gasteiger partial charge on any atom is 0.397 e. The summed E-state index contributed by atoms with van der Waals surface area (Å²) in [6.07, 6.45) is -5.79. The van der Waals surface area contributed by atoms with Gasteiger partial charge in [0.05, 0.1) is 12.9 Å². The Kier molecular flexibility index (Phi) is 5.14. The van der Waals surface area contributed by atoms with Crippen LogP contribution in [0.1, 0.15) is 6.23 Å². The van der Waals surface area contributed by atoms with E-state index in [1.807, 2.05) is 0 Å². The Morgan fingerprint density at radius 3 is 2.57 bits per heavy atom. The lowest BCUT2D eigenvalue weighted by molar-refractivity contribution is -0.0452. The van der Waals surface area contributed by atoms with E-state index in [1.54, 1.807) is 0 Å². The molecule has 156 valence electrons. The summed E-state index contributed by atoms with van der Waals surface area (Å²) in [6.45, 7) is -0.926. The molecule has 1 aliphatic heterocycles. The number of aliphatic hydroxyl groups excluding tert-OH is 1. The first-order chi connectivity index (χ1) is 12.9. The fraction of sp³-hybridized carbons (Fsp3) is 0.500. The molecule has 0 spiro atoms. The second kappa shape index (κ2) is 7.00. The van der Waals surface area contributed by atoms with Crippen molar-refractivity contribution in [1.82, 2.24) is 19.5 Å². The summed E-state index contributed by atoms with van der Waals surface area (Å²) in [5, 5.41) is 10.2. The number of anilines is 1. The molecule has 2 aromatic rings. The van der Waals surface area contributed by atoms with Crippen molar-refractivity contribution in [3.05, 3.63) is 16.7 Å². The Bertz CT molecular complexity index is 1160. The maximum absolute atomic E-state index is 11.9. The average molecular weight is 443 g/mol. The number of H-pyrrole nitrogens is 1. The molecule has 18 heteroatoms.